The maximum atomic E-state index is 3.38. The number of rotatable bonds is 9. The summed E-state index contributed by atoms with van der Waals surface area (Å²) in [5.41, 5.74) is 0. The van der Waals surface area contributed by atoms with Gasteiger partial charge in [-0.25, -0.2) is 0 Å². The zero-order valence-corrected chi connectivity index (χ0v) is 10.7. The van der Waals surface area contributed by atoms with Crippen molar-refractivity contribution >= 4 is 0 Å². The molecule has 0 aromatic rings. The highest BCUT2D eigenvalue weighted by molar-refractivity contribution is 4.95. The average Bonchev–Trinajstić information content (AvgIpc) is 2.26. The molecule has 1 N–H and O–H groups in total. The fourth-order valence-corrected chi connectivity index (χ4v) is 1.80. The predicted molar refractivity (Wildman–Crippen MR) is 68.9 cm³/mol. The van der Waals surface area contributed by atoms with Crippen molar-refractivity contribution < 1.29 is 0 Å². The van der Waals surface area contributed by atoms with E-state index >= 15 is 0 Å². The van der Waals surface area contributed by atoms with Crippen LogP contribution in [0.1, 0.15) is 65.2 Å². The topological polar surface area (TPSA) is 12.0 Å². The molecule has 0 heterocycles. The van der Waals surface area contributed by atoms with Gasteiger partial charge >= 0.3 is 0 Å². The monoisotopic (exact) mass is 209 g/mol. The van der Waals surface area contributed by atoms with Crippen molar-refractivity contribution in [3.05, 3.63) is 0 Å². The fourth-order valence-electron chi connectivity index (χ4n) is 1.80. The smallest absolute Gasteiger partial charge is 0.0103 e. The Hall–Kier alpha value is -0.480. The molecule has 0 fully saturated rings. The molecule has 0 amide bonds. The molecule has 0 radical (unpaired) electrons. The molecular weight excluding hydrogens is 182 g/mol. The minimum Gasteiger partial charge on any atom is -0.317 e. The van der Waals surface area contributed by atoms with Gasteiger partial charge in [0.25, 0.3) is 0 Å². The predicted octanol–water partition coefficient (Wildman–Crippen LogP) is 3.74. The van der Waals surface area contributed by atoms with Gasteiger partial charge in [-0.3, -0.25) is 0 Å². The van der Waals surface area contributed by atoms with E-state index < -0.39 is 0 Å². The molecule has 88 valence electrons. The third-order valence-corrected chi connectivity index (χ3v) is 2.86. The van der Waals surface area contributed by atoms with Crippen molar-refractivity contribution in [2.75, 3.05) is 7.05 Å². The Morgan fingerprint density at radius 3 is 2.40 bits per heavy atom. The van der Waals surface area contributed by atoms with E-state index in [4.69, 9.17) is 0 Å². The zero-order chi connectivity index (χ0) is 11.4. The third kappa shape index (κ3) is 9.82. The van der Waals surface area contributed by atoms with E-state index in [1.807, 2.05) is 6.92 Å². The summed E-state index contributed by atoms with van der Waals surface area (Å²) in [5, 5.41) is 3.38. The molecule has 0 aromatic carbocycles. The van der Waals surface area contributed by atoms with Gasteiger partial charge in [0.05, 0.1) is 0 Å². The van der Waals surface area contributed by atoms with Crippen LogP contribution >= 0.6 is 0 Å². The second-order valence-electron chi connectivity index (χ2n) is 4.15. The van der Waals surface area contributed by atoms with E-state index in [0.29, 0.717) is 6.04 Å². The minimum absolute atomic E-state index is 0.674. The van der Waals surface area contributed by atoms with Crippen molar-refractivity contribution in [2.24, 2.45) is 0 Å². The molecule has 0 saturated carbocycles. The number of hydrogen-bond acceptors (Lipinski definition) is 1. The average molecular weight is 209 g/mol. The Kier molecular flexibility index (Phi) is 11.2. The van der Waals surface area contributed by atoms with Gasteiger partial charge in [-0.1, -0.05) is 39.0 Å². The molecule has 0 rings (SSSR count). The standard InChI is InChI=1S/C14H27N/c1-4-6-8-9-11-13-14(15-3)12-10-7-5-2/h14-15H,4,6,8-13H2,1-3H3. The molecule has 0 saturated heterocycles. The third-order valence-electron chi connectivity index (χ3n) is 2.86. The van der Waals surface area contributed by atoms with Crippen LogP contribution in [0, 0.1) is 11.8 Å². The van der Waals surface area contributed by atoms with E-state index in [2.05, 4.69) is 31.1 Å². The SMILES string of the molecule is CC#CCCC(CCCCCCC)NC. The second kappa shape index (κ2) is 11.6. The van der Waals surface area contributed by atoms with Crippen LogP contribution in [0.15, 0.2) is 0 Å². The van der Waals surface area contributed by atoms with E-state index in [9.17, 15) is 0 Å². The molecular formula is C14H27N. The van der Waals surface area contributed by atoms with Gasteiger partial charge in [-0.15, -0.1) is 11.8 Å². The molecule has 1 nitrogen and oxygen atoms in total. The molecule has 1 unspecified atom stereocenters. The molecule has 1 atom stereocenters. The van der Waals surface area contributed by atoms with Crippen LogP contribution < -0.4 is 5.32 Å². The van der Waals surface area contributed by atoms with Crippen LogP contribution in [-0.2, 0) is 0 Å². The van der Waals surface area contributed by atoms with E-state index in [0.717, 1.165) is 6.42 Å². The molecule has 0 aromatic heterocycles. The highest BCUT2D eigenvalue weighted by Gasteiger charge is 2.03. The summed E-state index contributed by atoms with van der Waals surface area (Å²) in [7, 11) is 2.07. The number of unbranched alkanes of at least 4 members (excludes halogenated alkanes) is 4. The van der Waals surface area contributed by atoms with Crippen LogP contribution in [0.2, 0.25) is 0 Å². The lowest BCUT2D eigenvalue weighted by Crippen LogP contribution is -2.24. The quantitative estimate of drug-likeness (QED) is 0.450. The molecule has 0 aliphatic carbocycles. The van der Waals surface area contributed by atoms with Gasteiger partial charge in [0.15, 0.2) is 0 Å². The second-order valence-corrected chi connectivity index (χ2v) is 4.15. The maximum absolute atomic E-state index is 3.38. The summed E-state index contributed by atoms with van der Waals surface area (Å²) in [6, 6.07) is 0.674. The van der Waals surface area contributed by atoms with Crippen LogP contribution in [0.3, 0.4) is 0 Å². The summed E-state index contributed by atoms with van der Waals surface area (Å²) >= 11 is 0. The van der Waals surface area contributed by atoms with Crippen molar-refractivity contribution in [1.82, 2.24) is 5.32 Å². The van der Waals surface area contributed by atoms with Gasteiger partial charge in [0.1, 0.15) is 0 Å². The van der Waals surface area contributed by atoms with Gasteiger partial charge < -0.3 is 5.32 Å². The lowest BCUT2D eigenvalue weighted by atomic mass is 10.0. The van der Waals surface area contributed by atoms with Crippen LogP contribution in [0.4, 0.5) is 0 Å². The largest absolute Gasteiger partial charge is 0.317 e. The van der Waals surface area contributed by atoms with E-state index in [1.165, 1.54) is 44.9 Å². The first-order valence-corrected chi connectivity index (χ1v) is 6.42. The van der Waals surface area contributed by atoms with E-state index in [-0.39, 0.29) is 0 Å². The number of hydrogen-bond donors (Lipinski definition) is 1. The van der Waals surface area contributed by atoms with Crippen LogP contribution in [0.25, 0.3) is 0 Å². The lowest BCUT2D eigenvalue weighted by Gasteiger charge is -2.14. The highest BCUT2D eigenvalue weighted by Crippen LogP contribution is 2.10. The number of nitrogens with one attached hydrogen (secondary N) is 1. The molecule has 0 spiro atoms. The van der Waals surface area contributed by atoms with Gasteiger partial charge in [0, 0.05) is 12.5 Å². The summed E-state index contributed by atoms with van der Waals surface area (Å²) in [6.45, 7) is 4.18. The zero-order valence-electron chi connectivity index (χ0n) is 10.7. The molecule has 0 aliphatic rings. The highest BCUT2D eigenvalue weighted by atomic mass is 14.9. The summed E-state index contributed by atoms with van der Waals surface area (Å²) in [6.07, 6.45) is 10.4. The summed E-state index contributed by atoms with van der Waals surface area (Å²) in [5.74, 6) is 6.09. The molecule has 0 bridgehead atoms. The Bertz CT molecular complexity index is 176. The Balaban J connectivity index is 3.38. The van der Waals surface area contributed by atoms with Crippen molar-refractivity contribution in [1.29, 1.82) is 0 Å². The summed E-state index contributed by atoms with van der Waals surface area (Å²) < 4.78 is 0. The Morgan fingerprint density at radius 1 is 1.07 bits per heavy atom. The van der Waals surface area contributed by atoms with Crippen molar-refractivity contribution in [3.63, 3.8) is 0 Å². The first-order chi connectivity index (χ1) is 7.35. The first kappa shape index (κ1) is 14.5. The minimum atomic E-state index is 0.674. The molecule has 1 heteroatoms. The molecule has 0 aliphatic heterocycles. The van der Waals surface area contributed by atoms with Gasteiger partial charge in [0.2, 0.25) is 0 Å². The lowest BCUT2D eigenvalue weighted by molar-refractivity contribution is 0.464. The first-order valence-electron chi connectivity index (χ1n) is 6.42. The van der Waals surface area contributed by atoms with Gasteiger partial charge in [-0.05, 0) is 26.8 Å². The Labute approximate surface area is 96.0 Å². The summed E-state index contributed by atoms with van der Waals surface area (Å²) in [4.78, 5) is 0. The Morgan fingerprint density at radius 2 is 1.80 bits per heavy atom. The fraction of sp³-hybridized carbons (Fsp3) is 0.857. The van der Waals surface area contributed by atoms with E-state index in [1.54, 1.807) is 0 Å². The molecule has 15 heavy (non-hydrogen) atoms. The van der Waals surface area contributed by atoms with Gasteiger partial charge in [-0.2, -0.15) is 0 Å². The van der Waals surface area contributed by atoms with Crippen LogP contribution in [0.5, 0.6) is 0 Å². The maximum Gasteiger partial charge on any atom is 0.0103 e. The van der Waals surface area contributed by atoms with Crippen LogP contribution in [-0.4, -0.2) is 13.1 Å². The normalized spacial score (nSPS) is 11.9. The van der Waals surface area contributed by atoms with Crippen molar-refractivity contribution in [3.8, 4) is 11.8 Å². The van der Waals surface area contributed by atoms with Crippen molar-refractivity contribution in [2.45, 2.75) is 71.3 Å².